The van der Waals surface area contributed by atoms with Crippen molar-refractivity contribution in [2.24, 2.45) is 7.05 Å². The molecule has 0 aliphatic carbocycles. The predicted molar refractivity (Wildman–Crippen MR) is 123 cm³/mol. The van der Waals surface area contributed by atoms with Crippen LogP contribution in [0.4, 0.5) is 5.82 Å². The average molecular weight is 475 g/mol. The molecule has 0 aliphatic rings. The first-order chi connectivity index (χ1) is 16.3. The Labute approximate surface area is 195 Å². The molecule has 4 aromatic rings. The van der Waals surface area contributed by atoms with Gasteiger partial charge in [0, 0.05) is 47.9 Å². The van der Waals surface area contributed by atoms with Crippen LogP contribution in [0.15, 0.2) is 78.2 Å². The molecule has 3 aromatic heterocycles. The Kier molecular flexibility index (Phi) is 6.35. The molecule has 0 saturated heterocycles. The first-order valence-electron chi connectivity index (χ1n) is 9.84. The number of nitrogens with zero attached hydrogens (tertiary/aromatic N) is 4. The minimum Gasteiger partial charge on any atom is -0.288 e. The van der Waals surface area contributed by atoms with Gasteiger partial charge < -0.3 is 0 Å². The molecule has 0 radical (unpaired) electrons. The Bertz CT molecular complexity index is 1500. The highest BCUT2D eigenvalue weighted by atomic mass is 32.2. The van der Waals surface area contributed by atoms with Crippen LogP contribution in [0, 0.1) is 11.8 Å². The van der Waals surface area contributed by atoms with Crippen LogP contribution in [0.2, 0.25) is 0 Å². The van der Waals surface area contributed by atoms with Crippen LogP contribution in [-0.4, -0.2) is 39.3 Å². The van der Waals surface area contributed by atoms with Crippen LogP contribution in [-0.2, 0) is 17.1 Å². The third kappa shape index (κ3) is 5.26. The maximum Gasteiger partial charge on any atom is 0.274 e. The predicted octanol–water partition coefficient (Wildman–Crippen LogP) is 2.20. The first-order valence-corrected chi connectivity index (χ1v) is 11.3. The second-order valence-corrected chi connectivity index (χ2v) is 8.77. The molecule has 11 heteroatoms. The smallest absolute Gasteiger partial charge is 0.274 e. The van der Waals surface area contributed by atoms with Crippen LogP contribution in [0.1, 0.15) is 21.5 Å². The van der Waals surface area contributed by atoms with Crippen LogP contribution in [0.25, 0.3) is 11.3 Å². The number of hydrogen-bond donors (Lipinski definition) is 3. The Balaban J connectivity index is 1.66. The third-order valence-electron chi connectivity index (χ3n) is 4.61. The molecule has 1 amide bonds. The zero-order valence-corrected chi connectivity index (χ0v) is 18.6. The van der Waals surface area contributed by atoms with Crippen LogP contribution >= 0.6 is 0 Å². The number of anilines is 1. The number of nitrogens with one attached hydrogen (secondary N) is 2. The fourth-order valence-electron chi connectivity index (χ4n) is 2.97. The van der Waals surface area contributed by atoms with Gasteiger partial charge in [0.25, 0.3) is 15.9 Å². The van der Waals surface area contributed by atoms with Crippen molar-refractivity contribution in [3.63, 3.8) is 0 Å². The van der Waals surface area contributed by atoms with Crippen molar-refractivity contribution in [2.45, 2.75) is 4.90 Å². The number of aromatic nitrogens is 4. The van der Waals surface area contributed by atoms with Gasteiger partial charge in [0.15, 0.2) is 0 Å². The van der Waals surface area contributed by atoms with Crippen LogP contribution in [0.5, 0.6) is 0 Å². The zero-order valence-electron chi connectivity index (χ0n) is 17.8. The quantitative estimate of drug-likeness (QED) is 0.229. The zero-order chi connectivity index (χ0) is 24.1. The molecular weight excluding hydrogens is 456 g/mol. The van der Waals surface area contributed by atoms with Gasteiger partial charge >= 0.3 is 0 Å². The lowest BCUT2D eigenvalue weighted by Gasteiger charge is -2.10. The number of carbonyl (C=O) groups is 1. The summed E-state index contributed by atoms with van der Waals surface area (Å²) in [4.78, 5) is 20.4. The van der Waals surface area contributed by atoms with Gasteiger partial charge in [0.1, 0.15) is 10.7 Å². The summed E-state index contributed by atoms with van der Waals surface area (Å²) in [5.74, 6) is 5.13. The molecule has 1 aromatic carbocycles. The normalized spacial score (nSPS) is 10.8. The Morgan fingerprint density at radius 3 is 2.47 bits per heavy atom. The minimum absolute atomic E-state index is 0.0110. The molecule has 4 rings (SSSR count). The molecule has 0 bridgehead atoms. The number of rotatable bonds is 5. The molecule has 0 atom stereocenters. The van der Waals surface area contributed by atoms with Crippen LogP contribution in [0.3, 0.4) is 0 Å². The van der Waals surface area contributed by atoms with Crippen LogP contribution < -0.4 is 10.2 Å². The number of sulfonamides is 1. The summed E-state index contributed by atoms with van der Waals surface area (Å²) in [5, 5.41) is 12.9. The van der Waals surface area contributed by atoms with E-state index in [0.29, 0.717) is 11.3 Å². The Hall–Kier alpha value is -4.53. The molecule has 0 fully saturated rings. The van der Waals surface area contributed by atoms with Gasteiger partial charge in [-0.15, -0.1) is 0 Å². The van der Waals surface area contributed by atoms with Crippen molar-refractivity contribution in [2.75, 3.05) is 4.72 Å². The van der Waals surface area contributed by atoms with E-state index in [-0.39, 0.29) is 16.3 Å². The van der Waals surface area contributed by atoms with Gasteiger partial charge in [-0.25, -0.2) is 18.9 Å². The largest absolute Gasteiger partial charge is 0.288 e. The summed E-state index contributed by atoms with van der Waals surface area (Å²) >= 11 is 0. The maximum absolute atomic E-state index is 12.7. The SMILES string of the molecule is Cn1cc(S(=O)(=O)Nc2cc(C(=O)NO)cc(-c3ccc(C#Cc4cccnc4)cc3)n2)cn1. The number of pyridine rings is 2. The van der Waals surface area contributed by atoms with E-state index in [0.717, 1.165) is 11.1 Å². The summed E-state index contributed by atoms with van der Waals surface area (Å²) in [6.45, 7) is 0. The van der Waals surface area contributed by atoms with Crippen molar-refractivity contribution >= 4 is 21.7 Å². The maximum atomic E-state index is 12.7. The summed E-state index contributed by atoms with van der Waals surface area (Å²) in [6, 6.07) is 13.3. The molecular formula is C23H18N6O4S. The molecule has 0 spiro atoms. The molecule has 0 unspecified atom stereocenters. The standard InChI is InChI=1S/C23H18N6O4S/c1-29-15-20(14-25-29)34(32,33)28-22-12-19(23(30)27-31)11-21(26-22)18-8-6-16(7-9-18)4-5-17-3-2-10-24-13-17/h2-3,6-15,31H,1H3,(H,26,28)(H,27,30). The second kappa shape index (κ2) is 9.53. The molecule has 3 heterocycles. The van der Waals surface area contributed by atoms with Gasteiger partial charge in [0.05, 0.1) is 11.9 Å². The average Bonchev–Trinajstić information content (AvgIpc) is 3.30. The van der Waals surface area contributed by atoms with Crippen molar-refractivity contribution in [1.82, 2.24) is 25.2 Å². The van der Waals surface area contributed by atoms with Crippen molar-refractivity contribution < 1.29 is 18.4 Å². The lowest BCUT2D eigenvalue weighted by Crippen LogP contribution is -2.20. The lowest BCUT2D eigenvalue weighted by molar-refractivity contribution is 0.0706. The van der Waals surface area contributed by atoms with E-state index in [1.54, 1.807) is 55.3 Å². The summed E-state index contributed by atoms with van der Waals surface area (Å²) < 4.78 is 29.0. The highest BCUT2D eigenvalue weighted by molar-refractivity contribution is 7.92. The number of hydrogen-bond acceptors (Lipinski definition) is 7. The number of amides is 1. The Morgan fingerprint density at radius 1 is 1.06 bits per heavy atom. The van der Waals surface area contributed by atoms with E-state index in [9.17, 15) is 13.2 Å². The van der Waals surface area contributed by atoms with Gasteiger partial charge in [0.2, 0.25) is 0 Å². The monoisotopic (exact) mass is 474 g/mol. The van der Waals surface area contributed by atoms with E-state index in [1.165, 1.54) is 29.2 Å². The molecule has 0 aliphatic heterocycles. The van der Waals surface area contributed by atoms with Gasteiger partial charge in [-0.05, 0) is 36.4 Å². The van der Waals surface area contributed by atoms with Gasteiger partial charge in [-0.2, -0.15) is 5.10 Å². The van der Waals surface area contributed by atoms with E-state index in [4.69, 9.17) is 5.21 Å². The highest BCUT2D eigenvalue weighted by Gasteiger charge is 2.19. The Morgan fingerprint density at radius 2 is 1.82 bits per heavy atom. The van der Waals surface area contributed by atoms with E-state index < -0.39 is 15.9 Å². The molecule has 0 saturated carbocycles. The fraction of sp³-hybridized carbons (Fsp3) is 0.0435. The molecule has 170 valence electrons. The highest BCUT2D eigenvalue weighted by Crippen LogP contribution is 2.23. The summed E-state index contributed by atoms with van der Waals surface area (Å²) in [5.41, 5.74) is 4.01. The van der Waals surface area contributed by atoms with E-state index in [2.05, 4.69) is 31.6 Å². The fourth-order valence-corrected chi connectivity index (χ4v) is 3.94. The second-order valence-electron chi connectivity index (χ2n) is 7.09. The van der Waals surface area contributed by atoms with Gasteiger partial charge in [-0.1, -0.05) is 24.0 Å². The third-order valence-corrected chi connectivity index (χ3v) is 5.92. The number of aryl methyl sites for hydroxylation is 1. The first kappa shape index (κ1) is 22.7. The van der Waals surface area contributed by atoms with Gasteiger partial charge in [-0.3, -0.25) is 24.4 Å². The molecule has 3 N–H and O–H groups in total. The molecule has 34 heavy (non-hydrogen) atoms. The number of hydroxylamine groups is 1. The number of carbonyl (C=O) groups excluding carboxylic acids is 1. The van der Waals surface area contributed by atoms with Crippen molar-refractivity contribution in [3.8, 4) is 23.1 Å². The van der Waals surface area contributed by atoms with Crippen molar-refractivity contribution in [1.29, 1.82) is 0 Å². The summed E-state index contributed by atoms with van der Waals surface area (Å²) in [7, 11) is -2.40. The van der Waals surface area contributed by atoms with E-state index in [1.807, 2.05) is 6.07 Å². The minimum atomic E-state index is -3.99. The summed E-state index contributed by atoms with van der Waals surface area (Å²) in [6.07, 6.45) is 5.86. The number of benzene rings is 1. The van der Waals surface area contributed by atoms with Crippen molar-refractivity contribution in [3.05, 3.63) is 90.0 Å². The topological polar surface area (TPSA) is 139 Å². The molecule has 10 nitrogen and oxygen atoms in total. The lowest BCUT2D eigenvalue weighted by atomic mass is 10.1. The van der Waals surface area contributed by atoms with E-state index >= 15 is 0 Å².